The van der Waals surface area contributed by atoms with E-state index in [0.717, 1.165) is 6.92 Å². The van der Waals surface area contributed by atoms with E-state index >= 15 is 0 Å². The van der Waals surface area contributed by atoms with Crippen molar-refractivity contribution in [2.45, 2.75) is 65.6 Å². The van der Waals surface area contributed by atoms with Crippen molar-refractivity contribution in [1.82, 2.24) is 15.0 Å². The second-order valence-corrected chi connectivity index (χ2v) is 8.66. The second-order valence-electron chi connectivity index (χ2n) is 8.66. The first kappa shape index (κ1) is 23.0. The average Bonchev–Trinajstić information content (AvgIpc) is 2.80. The number of anilines is 3. The molecule has 3 heterocycles. The molecule has 1 aliphatic rings. The first-order valence-corrected chi connectivity index (χ1v) is 9.82. The summed E-state index contributed by atoms with van der Waals surface area (Å²) >= 11 is 0. The van der Waals surface area contributed by atoms with Crippen LogP contribution in [0.3, 0.4) is 0 Å². The Morgan fingerprint density at radius 3 is 2.26 bits per heavy atom. The number of aryl methyl sites for hydroxylation is 1. The topological polar surface area (TPSA) is 98.3 Å². The first-order chi connectivity index (χ1) is 14.2. The molecule has 1 aliphatic heterocycles. The molecule has 0 unspecified atom stereocenters. The van der Waals surface area contributed by atoms with E-state index in [1.165, 1.54) is 13.1 Å². The Kier molecular flexibility index (Phi) is 5.79. The van der Waals surface area contributed by atoms with Gasteiger partial charge in [-0.05, 0) is 34.6 Å². The van der Waals surface area contributed by atoms with Gasteiger partial charge in [-0.15, -0.1) is 0 Å². The zero-order valence-electron chi connectivity index (χ0n) is 18.6. The summed E-state index contributed by atoms with van der Waals surface area (Å²) in [5.74, 6) is -3.64. The molecule has 2 aromatic rings. The van der Waals surface area contributed by atoms with Gasteiger partial charge < -0.3 is 19.9 Å². The first-order valence-electron chi connectivity index (χ1n) is 9.82. The highest BCUT2D eigenvalue weighted by atomic mass is 19.3. The van der Waals surface area contributed by atoms with Crippen LogP contribution in [0.25, 0.3) is 0 Å². The highest BCUT2D eigenvalue weighted by molar-refractivity contribution is 6.64. The molecule has 166 valence electrons. The smallest absolute Gasteiger partial charge is 0.399 e. The van der Waals surface area contributed by atoms with E-state index in [-0.39, 0.29) is 17.5 Å². The van der Waals surface area contributed by atoms with Gasteiger partial charge in [-0.3, -0.25) is 4.79 Å². The number of nitrogens with one attached hydrogen (secondary N) is 2. The number of nitrogens with zero attached hydrogens (tertiary/aromatic N) is 3. The lowest BCUT2D eigenvalue weighted by Crippen LogP contribution is -2.41. The van der Waals surface area contributed by atoms with E-state index in [1.54, 1.807) is 19.1 Å². The van der Waals surface area contributed by atoms with Crippen LogP contribution in [0.1, 0.15) is 53.1 Å². The minimum atomic E-state index is -3.20. The summed E-state index contributed by atoms with van der Waals surface area (Å²) in [5.41, 5.74) is 0.180. The Labute approximate surface area is 180 Å². The van der Waals surface area contributed by atoms with Crippen molar-refractivity contribution < 1.29 is 22.9 Å². The number of hydrogen-bond acceptors (Lipinski definition) is 7. The van der Waals surface area contributed by atoms with E-state index in [9.17, 15) is 13.6 Å². The predicted molar refractivity (Wildman–Crippen MR) is 114 cm³/mol. The minimum Gasteiger partial charge on any atom is -0.399 e. The third kappa shape index (κ3) is 4.99. The number of carbonyl (C=O) groups is 1. The molecule has 0 aliphatic carbocycles. The lowest BCUT2D eigenvalue weighted by Gasteiger charge is -2.32. The lowest BCUT2D eigenvalue weighted by molar-refractivity contribution is -0.114. The summed E-state index contributed by atoms with van der Waals surface area (Å²) < 4.78 is 39.8. The van der Waals surface area contributed by atoms with E-state index < -0.39 is 30.1 Å². The van der Waals surface area contributed by atoms with Crippen molar-refractivity contribution in [3.05, 3.63) is 29.8 Å². The van der Waals surface area contributed by atoms with E-state index in [2.05, 4.69) is 25.6 Å². The zero-order chi connectivity index (χ0) is 23.2. The van der Waals surface area contributed by atoms with Crippen LogP contribution >= 0.6 is 0 Å². The van der Waals surface area contributed by atoms with E-state index in [0.29, 0.717) is 16.8 Å². The number of aromatic nitrogens is 3. The van der Waals surface area contributed by atoms with Gasteiger partial charge in [0.15, 0.2) is 0 Å². The van der Waals surface area contributed by atoms with Crippen LogP contribution in [-0.4, -0.2) is 39.2 Å². The normalized spacial score (nSPS) is 17.5. The third-order valence-corrected chi connectivity index (χ3v) is 5.26. The molecular weight excluding hydrogens is 407 g/mol. The van der Waals surface area contributed by atoms with Crippen LogP contribution in [0.4, 0.5) is 26.1 Å². The predicted octanol–water partition coefficient (Wildman–Crippen LogP) is 3.29. The molecule has 0 bridgehead atoms. The standard InChI is InChI=1S/C20H26BF2N5O3/c1-11-8-16(28-17(25-11)20(7,22)23)27-14-9-15(26-12(2)29)24-10-13(14)21-30-18(3,4)19(5,6)31-21/h8-10H,1-7H3,(H2,24,25,26,27,28,29). The highest BCUT2D eigenvalue weighted by Gasteiger charge is 2.52. The van der Waals surface area contributed by atoms with Gasteiger partial charge in [-0.1, -0.05) is 0 Å². The molecular formula is C20H26BF2N5O3. The van der Waals surface area contributed by atoms with Gasteiger partial charge >= 0.3 is 13.0 Å². The van der Waals surface area contributed by atoms with Gasteiger partial charge in [0, 0.05) is 49.0 Å². The summed E-state index contributed by atoms with van der Waals surface area (Å²) in [6.07, 6.45) is 1.51. The molecule has 0 spiro atoms. The largest absolute Gasteiger partial charge is 0.498 e. The van der Waals surface area contributed by atoms with Crippen molar-refractivity contribution in [2.75, 3.05) is 10.6 Å². The summed E-state index contributed by atoms with van der Waals surface area (Å²) in [4.78, 5) is 23.5. The van der Waals surface area contributed by atoms with Gasteiger partial charge in [0.05, 0.1) is 11.2 Å². The van der Waals surface area contributed by atoms with E-state index in [4.69, 9.17) is 9.31 Å². The van der Waals surface area contributed by atoms with Crippen molar-refractivity contribution in [3.8, 4) is 0 Å². The van der Waals surface area contributed by atoms with Gasteiger partial charge in [0.2, 0.25) is 11.7 Å². The number of hydrogen-bond donors (Lipinski definition) is 2. The minimum absolute atomic E-state index is 0.168. The van der Waals surface area contributed by atoms with Crippen LogP contribution in [0, 0.1) is 6.92 Å². The molecule has 0 atom stereocenters. The Balaban J connectivity index is 2.04. The van der Waals surface area contributed by atoms with Crippen molar-refractivity contribution in [1.29, 1.82) is 0 Å². The Morgan fingerprint density at radius 1 is 1.10 bits per heavy atom. The summed E-state index contributed by atoms with van der Waals surface area (Å²) in [6.45, 7) is 11.4. The molecule has 11 heteroatoms. The third-order valence-electron chi connectivity index (χ3n) is 5.26. The van der Waals surface area contributed by atoms with E-state index in [1.807, 2.05) is 27.7 Å². The van der Waals surface area contributed by atoms with Gasteiger partial charge in [-0.25, -0.2) is 15.0 Å². The average molecular weight is 433 g/mol. The number of carbonyl (C=O) groups excluding carboxylic acids is 1. The second kappa shape index (κ2) is 7.79. The molecule has 0 saturated carbocycles. The fourth-order valence-electron chi connectivity index (χ4n) is 2.95. The quantitative estimate of drug-likeness (QED) is 0.699. The fourth-order valence-corrected chi connectivity index (χ4v) is 2.95. The molecule has 1 amide bonds. The molecule has 31 heavy (non-hydrogen) atoms. The molecule has 0 aromatic carbocycles. The molecule has 8 nitrogen and oxygen atoms in total. The van der Waals surface area contributed by atoms with Crippen molar-refractivity contribution in [2.24, 2.45) is 0 Å². The fraction of sp³-hybridized carbons (Fsp3) is 0.500. The molecule has 1 saturated heterocycles. The Morgan fingerprint density at radius 2 is 1.71 bits per heavy atom. The Hall–Kier alpha value is -2.66. The van der Waals surface area contributed by atoms with Crippen LogP contribution in [-0.2, 0) is 20.0 Å². The van der Waals surface area contributed by atoms with Crippen LogP contribution in [0.5, 0.6) is 0 Å². The van der Waals surface area contributed by atoms with Gasteiger partial charge in [-0.2, -0.15) is 8.78 Å². The van der Waals surface area contributed by atoms with Gasteiger partial charge in [0.1, 0.15) is 11.6 Å². The van der Waals surface area contributed by atoms with Crippen LogP contribution in [0.2, 0.25) is 0 Å². The summed E-state index contributed by atoms with van der Waals surface area (Å²) in [7, 11) is -0.763. The highest BCUT2D eigenvalue weighted by Crippen LogP contribution is 2.37. The summed E-state index contributed by atoms with van der Waals surface area (Å²) in [6, 6.07) is 3.12. The maximum absolute atomic E-state index is 13.8. The maximum Gasteiger partial charge on any atom is 0.498 e. The van der Waals surface area contributed by atoms with Gasteiger partial charge in [0.25, 0.3) is 0 Å². The molecule has 0 radical (unpaired) electrons. The van der Waals surface area contributed by atoms with Crippen LogP contribution in [0.15, 0.2) is 18.3 Å². The Bertz CT molecular complexity index is 995. The lowest BCUT2D eigenvalue weighted by atomic mass is 9.79. The summed E-state index contributed by atoms with van der Waals surface area (Å²) in [5, 5.41) is 5.64. The van der Waals surface area contributed by atoms with Crippen molar-refractivity contribution >= 4 is 35.8 Å². The molecule has 1 fully saturated rings. The SMILES string of the molecule is CC(=O)Nc1cc(Nc2cc(C)nc(C(C)(F)F)n2)c(B2OC(C)(C)C(C)(C)O2)cn1. The van der Waals surface area contributed by atoms with Crippen LogP contribution < -0.4 is 16.1 Å². The number of pyridine rings is 1. The maximum atomic E-state index is 13.8. The monoisotopic (exact) mass is 433 g/mol. The number of amides is 1. The zero-order valence-corrected chi connectivity index (χ0v) is 18.6. The number of halogens is 2. The van der Waals surface area contributed by atoms with Crippen molar-refractivity contribution in [3.63, 3.8) is 0 Å². The molecule has 2 aromatic heterocycles. The number of rotatable bonds is 5. The molecule has 3 rings (SSSR count). The number of alkyl halides is 2. The molecule has 2 N–H and O–H groups in total.